The molecular formula is C22H21F2N3O2. The van der Waals surface area contributed by atoms with Crippen molar-refractivity contribution in [1.29, 1.82) is 0 Å². The Morgan fingerprint density at radius 2 is 2.00 bits per heavy atom. The highest BCUT2D eigenvalue weighted by molar-refractivity contribution is 5.96. The molecule has 3 aromatic rings. The van der Waals surface area contributed by atoms with Crippen molar-refractivity contribution in [2.75, 3.05) is 6.61 Å². The van der Waals surface area contributed by atoms with Gasteiger partial charge in [0.15, 0.2) is 5.78 Å². The Bertz CT molecular complexity index is 1070. The third-order valence-corrected chi connectivity index (χ3v) is 5.45. The van der Waals surface area contributed by atoms with Gasteiger partial charge in [0.05, 0.1) is 12.3 Å². The van der Waals surface area contributed by atoms with Crippen molar-refractivity contribution in [2.45, 2.75) is 44.4 Å². The van der Waals surface area contributed by atoms with E-state index in [4.69, 9.17) is 4.74 Å². The Labute approximate surface area is 166 Å². The van der Waals surface area contributed by atoms with Gasteiger partial charge in [-0.15, -0.1) is 0 Å². The molecule has 2 fully saturated rings. The van der Waals surface area contributed by atoms with E-state index in [1.807, 2.05) is 22.9 Å². The molecule has 0 bridgehead atoms. The number of carbonyl (C=O) groups is 1. The molecule has 2 aliphatic rings. The number of halogens is 2. The normalized spacial score (nSPS) is 16.5. The minimum absolute atomic E-state index is 0.0343. The second-order valence-electron chi connectivity index (χ2n) is 7.97. The topological polar surface area (TPSA) is 56.5 Å². The molecule has 0 spiro atoms. The van der Waals surface area contributed by atoms with Crippen molar-refractivity contribution in [3.63, 3.8) is 0 Å². The zero-order chi connectivity index (χ0) is 20.0. The fourth-order valence-electron chi connectivity index (χ4n) is 3.41. The van der Waals surface area contributed by atoms with Gasteiger partial charge in [-0.3, -0.25) is 4.79 Å². The van der Waals surface area contributed by atoms with Crippen LogP contribution in [0.1, 0.15) is 65.5 Å². The molecule has 5 rings (SSSR count). The average Bonchev–Trinajstić information content (AvgIpc) is 3.64. The maximum Gasteiger partial charge on any atom is 0.280 e. The summed E-state index contributed by atoms with van der Waals surface area (Å²) in [4.78, 5) is 21.3. The molecule has 0 aromatic carbocycles. The standard InChI is InChI=1S/C22H21F2N3O2/c23-22(24)17-3-1-2-16(25-17)19(28)8-15-10-27-11-18(14-6-7-14)26-21(27)9-20(15)29-12-13-4-5-13/h1-3,9-11,13-14,22H,4-8,12H2. The summed E-state index contributed by atoms with van der Waals surface area (Å²) >= 11 is 0. The lowest BCUT2D eigenvalue weighted by atomic mass is 10.1. The molecule has 3 heterocycles. The van der Waals surface area contributed by atoms with Crippen LogP contribution in [0.25, 0.3) is 5.65 Å². The quantitative estimate of drug-likeness (QED) is 0.515. The number of imidazole rings is 1. The molecule has 0 amide bonds. The molecule has 7 heteroatoms. The van der Waals surface area contributed by atoms with Gasteiger partial charge in [0, 0.05) is 36.4 Å². The van der Waals surface area contributed by atoms with Crippen LogP contribution >= 0.6 is 0 Å². The van der Waals surface area contributed by atoms with Crippen LogP contribution in [-0.2, 0) is 6.42 Å². The van der Waals surface area contributed by atoms with E-state index in [-0.39, 0.29) is 23.6 Å². The molecule has 29 heavy (non-hydrogen) atoms. The first-order chi connectivity index (χ1) is 14.1. The summed E-state index contributed by atoms with van der Waals surface area (Å²) in [6.07, 6.45) is 5.84. The SMILES string of the molecule is O=C(Cc1cn2cc(C3CC3)nc2cc1OCC1CC1)c1cccc(C(F)F)n1. The molecule has 2 aliphatic carbocycles. The number of nitrogens with zero attached hydrogens (tertiary/aromatic N) is 3. The van der Waals surface area contributed by atoms with E-state index in [1.165, 1.54) is 18.2 Å². The number of fused-ring (bicyclic) bond motifs is 1. The number of carbonyl (C=O) groups excluding carboxylic acids is 1. The summed E-state index contributed by atoms with van der Waals surface area (Å²) in [5.41, 5.74) is 2.23. The monoisotopic (exact) mass is 397 g/mol. The van der Waals surface area contributed by atoms with E-state index < -0.39 is 6.43 Å². The number of hydrogen-bond acceptors (Lipinski definition) is 4. The highest BCUT2D eigenvalue weighted by atomic mass is 19.3. The number of aromatic nitrogens is 3. The Morgan fingerprint density at radius 3 is 2.72 bits per heavy atom. The Balaban J connectivity index is 1.45. The van der Waals surface area contributed by atoms with Crippen LogP contribution in [0.15, 0.2) is 36.7 Å². The number of pyridine rings is 2. The van der Waals surface area contributed by atoms with Gasteiger partial charge in [-0.05, 0) is 43.7 Å². The number of alkyl halides is 2. The summed E-state index contributed by atoms with van der Waals surface area (Å²) in [5.74, 6) is 1.42. The highest BCUT2D eigenvalue weighted by Crippen LogP contribution is 2.40. The van der Waals surface area contributed by atoms with Gasteiger partial charge in [0.25, 0.3) is 6.43 Å². The first-order valence-corrected chi connectivity index (χ1v) is 9.99. The van der Waals surface area contributed by atoms with Gasteiger partial charge < -0.3 is 9.14 Å². The van der Waals surface area contributed by atoms with E-state index in [1.54, 1.807) is 0 Å². The Kier molecular flexibility index (Phi) is 4.53. The van der Waals surface area contributed by atoms with Crippen LogP contribution in [0.2, 0.25) is 0 Å². The number of Topliss-reactive ketones (excluding diaryl/α,β-unsaturated/α-hetero) is 1. The largest absolute Gasteiger partial charge is 0.493 e. The first-order valence-electron chi connectivity index (χ1n) is 9.99. The van der Waals surface area contributed by atoms with Gasteiger partial charge in [-0.1, -0.05) is 6.07 Å². The summed E-state index contributed by atoms with van der Waals surface area (Å²) < 4.78 is 33.8. The molecule has 5 nitrogen and oxygen atoms in total. The number of hydrogen-bond donors (Lipinski definition) is 0. The molecular weight excluding hydrogens is 376 g/mol. The van der Waals surface area contributed by atoms with E-state index in [0.29, 0.717) is 29.8 Å². The zero-order valence-corrected chi connectivity index (χ0v) is 15.9. The average molecular weight is 397 g/mol. The molecule has 150 valence electrons. The molecule has 0 aliphatic heterocycles. The smallest absolute Gasteiger partial charge is 0.280 e. The van der Waals surface area contributed by atoms with Crippen LogP contribution in [-0.4, -0.2) is 26.8 Å². The van der Waals surface area contributed by atoms with Crippen molar-refractivity contribution >= 4 is 11.4 Å². The van der Waals surface area contributed by atoms with Crippen LogP contribution in [0.3, 0.4) is 0 Å². The summed E-state index contributed by atoms with van der Waals surface area (Å²) in [6, 6.07) is 6.01. The van der Waals surface area contributed by atoms with Crippen LogP contribution in [0.4, 0.5) is 8.78 Å². The van der Waals surface area contributed by atoms with E-state index in [2.05, 4.69) is 9.97 Å². The van der Waals surface area contributed by atoms with Crippen molar-refractivity contribution in [2.24, 2.45) is 5.92 Å². The fourth-order valence-corrected chi connectivity index (χ4v) is 3.41. The maximum absolute atomic E-state index is 12.9. The maximum atomic E-state index is 12.9. The highest BCUT2D eigenvalue weighted by Gasteiger charge is 2.27. The van der Waals surface area contributed by atoms with Crippen molar-refractivity contribution < 1.29 is 18.3 Å². The Morgan fingerprint density at radius 1 is 1.17 bits per heavy atom. The summed E-state index contributed by atoms with van der Waals surface area (Å²) in [7, 11) is 0. The van der Waals surface area contributed by atoms with E-state index >= 15 is 0 Å². The van der Waals surface area contributed by atoms with Crippen LogP contribution in [0, 0.1) is 5.92 Å². The molecule has 0 atom stereocenters. The minimum Gasteiger partial charge on any atom is -0.493 e. The van der Waals surface area contributed by atoms with Gasteiger partial charge in [0.2, 0.25) is 0 Å². The molecule has 0 saturated heterocycles. The predicted molar refractivity (Wildman–Crippen MR) is 103 cm³/mol. The third-order valence-electron chi connectivity index (χ3n) is 5.45. The summed E-state index contributed by atoms with van der Waals surface area (Å²) in [5, 5.41) is 0. The molecule has 3 aromatic heterocycles. The van der Waals surface area contributed by atoms with E-state index in [9.17, 15) is 13.6 Å². The predicted octanol–water partition coefficient (Wildman–Crippen LogP) is 4.76. The van der Waals surface area contributed by atoms with Gasteiger partial charge >= 0.3 is 0 Å². The molecule has 0 unspecified atom stereocenters. The van der Waals surface area contributed by atoms with Gasteiger partial charge in [-0.25, -0.2) is 18.7 Å². The van der Waals surface area contributed by atoms with Crippen LogP contribution < -0.4 is 4.74 Å². The van der Waals surface area contributed by atoms with Crippen molar-refractivity contribution in [1.82, 2.24) is 14.4 Å². The third kappa shape index (κ3) is 3.99. The summed E-state index contributed by atoms with van der Waals surface area (Å²) in [6.45, 7) is 0.618. The first kappa shape index (κ1) is 18.2. The van der Waals surface area contributed by atoms with Crippen molar-refractivity contribution in [3.8, 4) is 5.75 Å². The van der Waals surface area contributed by atoms with Gasteiger partial charge in [0.1, 0.15) is 22.8 Å². The molecule has 0 N–H and O–H groups in total. The molecule has 0 radical (unpaired) electrons. The molecule has 2 saturated carbocycles. The number of ketones is 1. The second kappa shape index (κ2) is 7.21. The lowest BCUT2D eigenvalue weighted by molar-refractivity contribution is 0.0984. The number of rotatable bonds is 8. The second-order valence-corrected chi connectivity index (χ2v) is 7.97. The fraction of sp³-hybridized carbons (Fsp3) is 0.409. The minimum atomic E-state index is -2.71. The zero-order valence-electron chi connectivity index (χ0n) is 15.9. The lowest BCUT2D eigenvalue weighted by Crippen LogP contribution is -2.10. The Hall–Kier alpha value is -2.83. The van der Waals surface area contributed by atoms with E-state index in [0.717, 1.165) is 37.0 Å². The van der Waals surface area contributed by atoms with Crippen LogP contribution in [0.5, 0.6) is 5.75 Å². The van der Waals surface area contributed by atoms with Gasteiger partial charge in [-0.2, -0.15) is 0 Å². The van der Waals surface area contributed by atoms with Crippen molar-refractivity contribution in [3.05, 3.63) is 59.3 Å². The lowest BCUT2D eigenvalue weighted by Gasteiger charge is -2.12. The number of ether oxygens (including phenoxy) is 1.